The fourth-order valence-electron chi connectivity index (χ4n) is 1.46. The Balaban J connectivity index is 1.61. The monoisotopic (exact) mass is 320 g/mol. The average molecular weight is 320 g/mol. The largest absolute Gasteiger partial charge is 0.452 e. The van der Waals surface area contributed by atoms with Crippen molar-refractivity contribution in [3.05, 3.63) is 41.8 Å². The van der Waals surface area contributed by atoms with Gasteiger partial charge < -0.3 is 10.1 Å². The molecule has 0 spiro atoms. The van der Waals surface area contributed by atoms with Crippen LogP contribution in [0.4, 0.5) is 4.79 Å². The fourth-order valence-corrected chi connectivity index (χ4v) is 2.11. The van der Waals surface area contributed by atoms with Crippen molar-refractivity contribution < 1.29 is 19.1 Å². The lowest BCUT2D eigenvalue weighted by Crippen LogP contribution is -2.42. The predicted molar refractivity (Wildman–Crippen MR) is 82.1 cm³/mol. The Morgan fingerprint density at radius 3 is 2.64 bits per heavy atom. The van der Waals surface area contributed by atoms with Gasteiger partial charge in [-0.3, -0.25) is 10.1 Å². The Labute approximate surface area is 132 Å². The van der Waals surface area contributed by atoms with E-state index in [1.165, 1.54) is 17.8 Å². The van der Waals surface area contributed by atoms with Crippen molar-refractivity contribution >= 4 is 29.7 Å². The maximum absolute atomic E-state index is 11.4. The number of esters is 1. The summed E-state index contributed by atoms with van der Waals surface area (Å²) >= 11 is 1.36. The number of carbonyl (C=O) groups is 3. The van der Waals surface area contributed by atoms with Gasteiger partial charge in [-0.15, -0.1) is 0 Å². The number of carbonyl (C=O) groups excluding carboxylic acids is 3. The molecule has 1 aromatic rings. The quantitative estimate of drug-likeness (QED) is 0.474. The minimum Gasteiger partial charge on any atom is -0.452 e. The second-order valence-corrected chi connectivity index (χ2v) is 5.62. The van der Waals surface area contributed by atoms with Gasteiger partial charge in [0.05, 0.1) is 0 Å². The van der Waals surface area contributed by atoms with E-state index in [4.69, 9.17) is 4.74 Å². The molecule has 0 heterocycles. The minimum absolute atomic E-state index is 0.160. The van der Waals surface area contributed by atoms with Gasteiger partial charge in [0.1, 0.15) is 0 Å². The third kappa shape index (κ3) is 6.45. The molecule has 116 valence electrons. The summed E-state index contributed by atoms with van der Waals surface area (Å²) in [5.41, 5.74) is 0. The van der Waals surface area contributed by atoms with Gasteiger partial charge in [0.2, 0.25) is 0 Å². The van der Waals surface area contributed by atoms with E-state index in [9.17, 15) is 14.4 Å². The fraction of sp³-hybridized carbons (Fsp3) is 0.267. The second kappa shape index (κ2) is 8.23. The number of benzene rings is 1. The number of hydrogen-bond acceptors (Lipinski definition) is 5. The molecule has 1 aliphatic carbocycles. The summed E-state index contributed by atoms with van der Waals surface area (Å²) < 4.78 is 4.73. The third-order valence-corrected chi connectivity index (χ3v) is 3.48. The Hall–Kier alpha value is -2.28. The molecule has 0 saturated heterocycles. The molecule has 1 aromatic carbocycles. The SMILES string of the molecule is O=C(COC(=O)/C=C/Sc1ccccc1)NC(=O)NC1CC1. The van der Waals surface area contributed by atoms with Crippen molar-refractivity contribution in [3.8, 4) is 0 Å². The molecule has 0 radical (unpaired) electrons. The molecule has 1 aliphatic rings. The van der Waals surface area contributed by atoms with Crippen molar-refractivity contribution in [1.29, 1.82) is 0 Å². The molecule has 0 aliphatic heterocycles. The van der Waals surface area contributed by atoms with E-state index in [1.54, 1.807) is 5.41 Å². The number of imide groups is 1. The molecule has 0 bridgehead atoms. The molecular formula is C15H16N2O4S. The predicted octanol–water partition coefficient (Wildman–Crippen LogP) is 1.82. The molecule has 1 fully saturated rings. The molecule has 1 saturated carbocycles. The third-order valence-electron chi connectivity index (χ3n) is 2.66. The van der Waals surface area contributed by atoms with Crippen molar-refractivity contribution in [1.82, 2.24) is 10.6 Å². The van der Waals surface area contributed by atoms with Crippen LogP contribution in [0.15, 0.2) is 46.7 Å². The van der Waals surface area contributed by atoms with E-state index >= 15 is 0 Å². The van der Waals surface area contributed by atoms with Gasteiger partial charge in [0, 0.05) is 17.0 Å². The standard InChI is InChI=1S/C15H16N2O4S/c18-13(17-15(20)16-11-6-7-11)10-21-14(19)8-9-22-12-4-2-1-3-5-12/h1-5,8-9,11H,6-7,10H2,(H2,16,17,18,20)/b9-8+. The first-order chi connectivity index (χ1) is 10.6. The van der Waals surface area contributed by atoms with Crippen molar-refractivity contribution in [2.24, 2.45) is 0 Å². The van der Waals surface area contributed by atoms with Crippen LogP contribution in [-0.2, 0) is 14.3 Å². The summed E-state index contributed by atoms with van der Waals surface area (Å²) in [6, 6.07) is 9.11. The molecule has 2 N–H and O–H groups in total. The van der Waals surface area contributed by atoms with Crippen LogP contribution in [0.3, 0.4) is 0 Å². The van der Waals surface area contributed by atoms with Crippen LogP contribution in [0, 0.1) is 0 Å². The normalized spacial score (nSPS) is 13.6. The number of thioether (sulfide) groups is 1. The Bertz CT molecular complexity index is 570. The van der Waals surface area contributed by atoms with E-state index in [-0.39, 0.29) is 6.04 Å². The topological polar surface area (TPSA) is 84.5 Å². The van der Waals surface area contributed by atoms with Gasteiger partial charge in [-0.2, -0.15) is 0 Å². The van der Waals surface area contributed by atoms with E-state index < -0.39 is 24.5 Å². The Morgan fingerprint density at radius 2 is 1.95 bits per heavy atom. The van der Waals surface area contributed by atoms with Gasteiger partial charge in [-0.25, -0.2) is 9.59 Å². The zero-order chi connectivity index (χ0) is 15.8. The van der Waals surface area contributed by atoms with Gasteiger partial charge in [0.15, 0.2) is 6.61 Å². The first-order valence-corrected chi connectivity index (χ1v) is 7.67. The van der Waals surface area contributed by atoms with Gasteiger partial charge >= 0.3 is 12.0 Å². The molecule has 3 amide bonds. The molecule has 7 heteroatoms. The highest BCUT2D eigenvalue weighted by atomic mass is 32.2. The number of ether oxygens (including phenoxy) is 1. The van der Waals surface area contributed by atoms with Crippen LogP contribution in [0.2, 0.25) is 0 Å². The van der Waals surface area contributed by atoms with E-state index in [0.29, 0.717) is 0 Å². The summed E-state index contributed by atoms with van der Waals surface area (Å²) in [4.78, 5) is 35.0. The lowest BCUT2D eigenvalue weighted by Gasteiger charge is -2.05. The maximum atomic E-state index is 11.4. The second-order valence-electron chi connectivity index (χ2n) is 4.64. The molecule has 2 rings (SSSR count). The van der Waals surface area contributed by atoms with E-state index in [1.807, 2.05) is 30.3 Å². The van der Waals surface area contributed by atoms with Crippen LogP contribution in [-0.4, -0.2) is 30.6 Å². The van der Waals surface area contributed by atoms with Crippen LogP contribution in [0.5, 0.6) is 0 Å². The molecule has 0 aromatic heterocycles. The summed E-state index contributed by atoms with van der Waals surface area (Å²) in [5, 5.41) is 6.27. The molecular weight excluding hydrogens is 304 g/mol. The number of rotatable bonds is 6. The number of nitrogens with one attached hydrogen (secondary N) is 2. The highest BCUT2D eigenvalue weighted by Crippen LogP contribution is 2.18. The van der Waals surface area contributed by atoms with Crippen LogP contribution in [0.25, 0.3) is 0 Å². The molecule has 0 unspecified atom stereocenters. The molecule has 22 heavy (non-hydrogen) atoms. The van der Waals surface area contributed by atoms with Crippen LogP contribution >= 0.6 is 11.8 Å². The zero-order valence-electron chi connectivity index (χ0n) is 11.8. The first kappa shape index (κ1) is 16.1. The lowest BCUT2D eigenvalue weighted by molar-refractivity contribution is -0.143. The Morgan fingerprint density at radius 1 is 1.23 bits per heavy atom. The lowest BCUT2D eigenvalue weighted by atomic mass is 10.4. The van der Waals surface area contributed by atoms with Crippen molar-refractivity contribution in [2.45, 2.75) is 23.8 Å². The number of amides is 3. The van der Waals surface area contributed by atoms with Crippen molar-refractivity contribution in [2.75, 3.05) is 6.61 Å². The van der Waals surface area contributed by atoms with Gasteiger partial charge in [-0.1, -0.05) is 30.0 Å². The smallest absolute Gasteiger partial charge is 0.331 e. The minimum atomic E-state index is -0.657. The number of hydrogen-bond donors (Lipinski definition) is 2. The summed E-state index contributed by atoms with van der Waals surface area (Å²) in [6.07, 6.45) is 3.09. The van der Waals surface area contributed by atoms with Gasteiger partial charge in [-0.05, 0) is 30.4 Å². The van der Waals surface area contributed by atoms with E-state index in [2.05, 4.69) is 10.6 Å². The molecule has 0 atom stereocenters. The summed E-state index contributed by atoms with van der Waals surface area (Å²) in [7, 11) is 0. The average Bonchev–Trinajstić information content (AvgIpc) is 3.30. The van der Waals surface area contributed by atoms with Crippen LogP contribution in [0.1, 0.15) is 12.8 Å². The maximum Gasteiger partial charge on any atom is 0.331 e. The van der Waals surface area contributed by atoms with Crippen LogP contribution < -0.4 is 10.6 Å². The van der Waals surface area contributed by atoms with E-state index in [0.717, 1.165) is 17.7 Å². The first-order valence-electron chi connectivity index (χ1n) is 6.79. The summed E-state index contributed by atoms with van der Waals surface area (Å²) in [6.45, 7) is -0.489. The zero-order valence-corrected chi connectivity index (χ0v) is 12.6. The highest BCUT2D eigenvalue weighted by Gasteiger charge is 2.23. The summed E-state index contributed by atoms with van der Waals surface area (Å²) in [5.74, 6) is -1.29. The Kier molecular flexibility index (Phi) is 6.02. The van der Waals surface area contributed by atoms with Gasteiger partial charge in [0.25, 0.3) is 5.91 Å². The highest BCUT2D eigenvalue weighted by molar-refractivity contribution is 8.02. The molecule has 6 nitrogen and oxygen atoms in total. The van der Waals surface area contributed by atoms with Crippen molar-refractivity contribution in [3.63, 3.8) is 0 Å². The number of urea groups is 1.